The van der Waals surface area contributed by atoms with Crippen LogP contribution < -0.4 is 0 Å². The number of carbonyl (C=O) groups excluding carboxylic acids is 3. The Morgan fingerprint density at radius 1 is 0.368 bits per heavy atom. The van der Waals surface area contributed by atoms with Gasteiger partial charge in [-0.2, -0.15) is 0 Å². The molecule has 0 aliphatic carbocycles. The van der Waals surface area contributed by atoms with E-state index in [1.807, 2.05) is 0 Å². The number of hydrogen-bond acceptors (Lipinski definition) is 10. The summed E-state index contributed by atoms with van der Waals surface area (Å²) < 4.78 is 39.5. The molecule has 0 rings (SSSR count). The van der Waals surface area contributed by atoms with Gasteiger partial charge < -0.3 is 24.2 Å². The zero-order valence-electron chi connectivity index (χ0n) is 47.7. The van der Waals surface area contributed by atoms with E-state index >= 15 is 0 Å². The number of rotatable bonds is 53. The van der Waals surface area contributed by atoms with Crippen LogP contribution in [0.4, 0.5) is 0 Å². The standard InChI is InChI=1S/C64H105O11P/c1-4-7-10-13-16-19-22-25-28-30-33-35-38-41-44-47-50-53-62(66)71-57-61(75-64(68)55-52-49-46-43-40-37-34-31-29-26-23-20-17-14-11-8-5-2)59-73-76(69,70)72-58-60(56-65)74-63(67)54-51-48-45-42-39-36-32-27-24-21-18-15-12-9-6-3/h7-12,16-21,25-29,32,39,42,60-61,65H,4-6,13-15,22-24,30-31,33-38,40-41,43-59H2,1-3H3,(H,69,70)/b10-7-,11-8-,12-9-,19-16-,20-17-,21-18-,28-25-,29-26-,32-27-,42-39-. The molecule has 0 radical (unpaired) electrons. The summed E-state index contributed by atoms with van der Waals surface area (Å²) in [4.78, 5) is 48.6. The van der Waals surface area contributed by atoms with Gasteiger partial charge in [0.05, 0.1) is 19.8 Å². The Kier molecular flexibility index (Phi) is 54.0. The van der Waals surface area contributed by atoms with Gasteiger partial charge in [-0.3, -0.25) is 23.4 Å². The topological polar surface area (TPSA) is 155 Å². The lowest BCUT2D eigenvalue weighted by molar-refractivity contribution is -0.161. The zero-order valence-corrected chi connectivity index (χ0v) is 48.6. The van der Waals surface area contributed by atoms with Gasteiger partial charge in [-0.15, -0.1) is 0 Å². The van der Waals surface area contributed by atoms with Crippen LogP contribution in [-0.4, -0.2) is 66.5 Å². The van der Waals surface area contributed by atoms with Gasteiger partial charge in [0.1, 0.15) is 12.7 Å². The fourth-order valence-electron chi connectivity index (χ4n) is 7.49. The first-order valence-electron chi connectivity index (χ1n) is 29.4. The van der Waals surface area contributed by atoms with Gasteiger partial charge in [0.25, 0.3) is 0 Å². The summed E-state index contributed by atoms with van der Waals surface area (Å²) in [5, 5.41) is 9.82. The molecule has 0 aromatic heterocycles. The van der Waals surface area contributed by atoms with Crippen molar-refractivity contribution in [3.63, 3.8) is 0 Å². The third-order valence-corrected chi connectivity index (χ3v) is 12.8. The number of allylic oxidation sites excluding steroid dienone is 20. The van der Waals surface area contributed by atoms with E-state index < -0.39 is 57.8 Å². The van der Waals surface area contributed by atoms with E-state index in [9.17, 15) is 28.9 Å². The van der Waals surface area contributed by atoms with Crippen LogP contribution in [0.3, 0.4) is 0 Å². The van der Waals surface area contributed by atoms with Crippen molar-refractivity contribution in [1.29, 1.82) is 0 Å². The molecular weight excluding hydrogens is 976 g/mol. The van der Waals surface area contributed by atoms with Crippen LogP contribution in [0.5, 0.6) is 0 Å². The summed E-state index contributed by atoms with van der Waals surface area (Å²) in [7, 11) is -4.77. The maximum atomic E-state index is 12.9. The zero-order chi connectivity index (χ0) is 55.5. The van der Waals surface area contributed by atoms with E-state index in [0.717, 1.165) is 154 Å². The van der Waals surface area contributed by atoms with Crippen molar-refractivity contribution in [3.8, 4) is 0 Å². The highest BCUT2D eigenvalue weighted by atomic mass is 31.2. The summed E-state index contributed by atoms with van der Waals surface area (Å²) in [6.45, 7) is 4.23. The molecule has 0 aromatic rings. The van der Waals surface area contributed by atoms with Crippen molar-refractivity contribution < 1.29 is 52.2 Å². The third-order valence-electron chi connectivity index (χ3n) is 11.9. The largest absolute Gasteiger partial charge is 0.472 e. The monoisotopic (exact) mass is 1080 g/mol. The van der Waals surface area contributed by atoms with Crippen LogP contribution >= 0.6 is 7.82 Å². The second-order valence-corrected chi connectivity index (χ2v) is 20.5. The van der Waals surface area contributed by atoms with Crippen LogP contribution in [0.2, 0.25) is 0 Å². The van der Waals surface area contributed by atoms with Crippen molar-refractivity contribution in [2.45, 2.75) is 238 Å². The van der Waals surface area contributed by atoms with Crippen molar-refractivity contribution in [2.24, 2.45) is 0 Å². The lowest BCUT2D eigenvalue weighted by Crippen LogP contribution is -2.30. The van der Waals surface area contributed by atoms with Crippen LogP contribution in [-0.2, 0) is 42.2 Å². The summed E-state index contributed by atoms with van der Waals surface area (Å²) in [5.74, 6) is -1.54. The van der Waals surface area contributed by atoms with Crippen LogP contribution in [0, 0.1) is 0 Å². The fourth-order valence-corrected chi connectivity index (χ4v) is 8.28. The second kappa shape index (κ2) is 57.1. The smallest absolute Gasteiger partial charge is 0.462 e. The van der Waals surface area contributed by atoms with E-state index in [1.165, 1.54) is 12.8 Å². The summed E-state index contributed by atoms with van der Waals surface area (Å²) in [5.41, 5.74) is 0. The number of ether oxygens (including phenoxy) is 3. The first-order valence-corrected chi connectivity index (χ1v) is 30.9. The Morgan fingerprint density at radius 3 is 1.01 bits per heavy atom. The van der Waals surface area contributed by atoms with Crippen molar-refractivity contribution in [3.05, 3.63) is 122 Å². The molecule has 11 nitrogen and oxygen atoms in total. The molecule has 0 fully saturated rings. The molecule has 0 bridgehead atoms. The Balaban J connectivity index is 4.81. The number of phosphoric acid groups is 1. The maximum Gasteiger partial charge on any atom is 0.472 e. The number of hydrogen-bond donors (Lipinski definition) is 2. The molecule has 0 heterocycles. The van der Waals surface area contributed by atoms with E-state index in [-0.39, 0.29) is 25.9 Å². The molecule has 2 N–H and O–H groups in total. The number of phosphoric ester groups is 1. The average molecular weight is 1080 g/mol. The van der Waals surface area contributed by atoms with Gasteiger partial charge in [0.2, 0.25) is 0 Å². The predicted octanol–water partition coefficient (Wildman–Crippen LogP) is 17.6. The van der Waals surface area contributed by atoms with Gasteiger partial charge in [-0.1, -0.05) is 206 Å². The molecule has 12 heteroatoms. The third kappa shape index (κ3) is 54.7. The highest BCUT2D eigenvalue weighted by Crippen LogP contribution is 2.43. The Morgan fingerprint density at radius 2 is 0.645 bits per heavy atom. The minimum absolute atomic E-state index is 0.118. The second-order valence-electron chi connectivity index (χ2n) is 19.0. The van der Waals surface area contributed by atoms with Crippen LogP contribution in [0.1, 0.15) is 226 Å². The molecule has 0 aliphatic rings. The minimum Gasteiger partial charge on any atom is -0.462 e. The molecule has 0 saturated heterocycles. The van der Waals surface area contributed by atoms with Gasteiger partial charge in [0, 0.05) is 19.3 Å². The van der Waals surface area contributed by atoms with Crippen molar-refractivity contribution >= 4 is 25.7 Å². The number of unbranched alkanes of at least 4 members (excludes halogenated alkanes) is 16. The lowest BCUT2D eigenvalue weighted by atomic mass is 10.1. The molecule has 0 aliphatic heterocycles. The van der Waals surface area contributed by atoms with Crippen LogP contribution in [0.25, 0.3) is 0 Å². The number of aliphatic hydroxyl groups is 1. The summed E-state index contributed by atoms with van der Waals surface area (Å²) in [6.07, 6.45) is 70.1. The molecule has 0 amide bonds. The average Bonchev–Trinajstić information content (AvgIpc) is 3.41. The number of aliphatic hydroxyl groups excluding tert-OH is 1. The van der Waals surface area contributed by atoms with Crippen LogP contribution in [0.15, 0.2) is 122 Å². The molecule has 76 heavy (non-hydrogen) atoms. The Labute approximate surface area is 462 Å². The van der Waals surface area contributed by atoms with E-state index in [0.29, 0.717) is 19.3 Å². The first-order chi connectivity index (χ1) is 37.2. The predicted molar refractivity (Wildman–Crippen MR) is 316 cm³/mol. The van der Waals surface area contributed by atoms with Crippen molar-refractivity contribution in [2.75, 3.05) is 26.4 Å². The van der Waals surface area contributed by atoms with Crippen molar-refractivity contribution in [1.82, 2.24) is 0 Å². The SMILES string of the molecule is CC/C=C\C/C=C\C/C=C\C/C=C\CCCCC(=O)OC(CO)COP(=O)(O)OCC(COC(=O)CCCCCCCCC/C=C\C/C=C\C/C=C\CC)OC(=O)CCCCCCCCC/C=C\C/C=C\C/C=C\CC. The minimum atomic E-state index is -4.77. The summed E-state index contributed by atoms with van der Waals surface area (Å²) >= 11 is 0. The van der Waals surface area contributed by atoms with E-state index in [2.05, 4.69) is 142 Å². The molecular formula is C64H105O11P. The highest BCUT2D eigenvalue weighted by molar-refractivity contribution is 7.47. The molecule has 0 spiro atoms. The molecule has 3 atom stereocenters. The first kappa shape index (κ1) is 71.9. The van der Waals surface area contributed by atoms with E-state index in [4.69, 9.17) is 23.3 Å². The molecule has 0 saturated carbocycles. The molecule has 3 unspecified atom stereocenters. The molecule has 0 aromatic carbocycles. The Bertz CT molecular complexity index is 1740. The quantitative estimate of drug-likeness (QED) is 0.0197. The maximum absolute atomic E-state index is 12.9. The lowest BCUT2D eigenvalue weighted by Gasteiger charge is -2.21. The Hall–Kier alpha value is -4.12. The van der Waals surface area contributed by atoms with E-state index in [1.54, 1.807) is 0 Å². The fraction of sp³-hybridized carbons (Fsp3) is 0.641. The number of esters is 3. The van der Waals surface area contributed by atoms with Gasteiger partial charge in [-0.05, 0) is 122 Å². The highest BCUT2D eigenvalue weighted by Gasteiger charge is 2.28. The van der Waals surface area contributed by atoms with Gasteiger partial charge >= 0.3 is 25.7 Å². The summed E-state index contributed by atoms with van der Waals surface area (Å²) in [6, 6.07) is 0. The molecule has 432 valence electrons. The van der Waals surface area contributed by atoms with Gasteiger partial charge in [0.15, 0.2) is 6.10 Å². The van der Waals surface area contributed by atoms with Gasteiger partial charge in [-0.25, -0.2) is 4.57 Å². The normalized spacial score (nSPS) is 14.2. The number of carbonyl (C=O) groups is 3.